The average molecular weight is 465 g/mol. The Kier molecular flexibility index (Phi) is 5.46. The number of likely N-dealkylation sites (tertiary alicyclic amines) is 1. The van der Waals surface area contributed by atoms with E-state index < -0.39 is 0 Å². The van der Waals surface area contributed by atoms with Crippen LogP contribution >= 0.6 is 0 Å². The zero-order valence-corrected chi connectivity index (χ0v) is 19.8. The molecule has 0 spiro atoms. The van der Waals surface area contributed by atoms with E-state index in [-0.39, 0.29) is 11.5 Å². The smallest absolute Gasteiger partial charge is 0.250 e. The van der Waals surface area contributed by atoms with Crippen molar-refractivity contribution in [2.75, 3.05) is 18.4 Å². The minimum atomic E-state index is -0.0867. The second-order valence-corrected chi connectivity index (χ2v) is 9.87. The van der Waals surface area contributed by atoms with Gasteiger partial charge in [0.1, 0.15) is 0 Å². The first kappa shape index (κ1) is 21.7. The van der Waals surface area contributed by atoms with Crippen LogP contribution in [0.4, 0.5) is 5.69 Å². The third kappa shape index (κ3) is 4.26. The monoisotopic (exact) mass is 464 g/mol. The first-order valence-corrected chi connectivity index (χ1v) is 12.2. The van der Waals surface area contributed by atoms with Gasteiger partial charge in [-0.1, -0.05) is 30.3 Å². The van der Waals surface area contributed by atoms with Crippen molar-refractivity contribution in [3.8, 4) is 11.1 Å². The van der Waals surface area contributed by atoms with Crippen LogP contribution in [-0.4, -0.2) is 33.4 Å². The molecule has 2 aliphatic rings. The van der Waals surface area contributed by atoms with Gasteiger partial charge < -0.3 is 9.88 Å². The number of rotatable bonds is 4. The van der Waals surface area contributed by atoms with Crippen molar-refractivity contribution in [1.29, 1.82) is 0 Å². The molecule has 2 unspecified atom stereocenters. The lowest BCUT2D eigenvalue weighted by Crippen LogP contribution is -2.47. The molecule has 6 nitrogen and oxygen atoms in total. The van der Waals surface area contributed by atoms with Gasteiger partial charge in [-0.05, 0) is 53.8 Å². The van der Waals surface area contributed by atoms with Crippen LogP contribution in [0, 0.1) is 5.92 Å². The number of carbonyl (C=O) groups is 1. The maximum absolute atomic E-state index is 12.8. The van der Waals surface area contributed by atoms with E-state index in [1.165, 1.54) is 17.9 Å². The number of hydrogen-bond donors (Lipinski definition) is 1. The van der Waals surface area contributed by atoms with Crippen LogP contribution in [0.5, 0.6) is 0 Å². The summed E-state index contributed by atoms with van der Waals surface area (Å²) in [6.07, 6.45) is 3.10. The molecule has 2 aromatic carbocycles. The van der Waals surface area contributed by atoms with E-state index in [0.717, 1.165) is 60.6 Å². The molecule has 0 saturated carbocycles. The number of anilines is 1. The number of pyridine rings is 2. The summed E-state index contributed by atoms with van der Waals surface area (Å²) in [4.78, 5) is 31.4. The number of amides is 1. The summed E-state index contributed by atoms with van der Waals surface area (Å²) in [7, 11) is 0. The van der Waals surface area contributed by atoms with Crippen LogP contribution in [0.1, 0.15) is 30.5 Å². The van der Waals surface area contributed by atoms with Gasteiger partial charge >= 0.3 is 0 Å². The molecule has 2 aliphatic heterocycles. The number of fused-ring (bicyclic) bond motifs is 5. The molecule has 1 amide bonds. The van der Waals surface area contributed by atoms with E-state index in [2.05, 4.69) is 33.4 Å². The molecular formula is C29H28N4O2. The largest absolute Gasteiger partial charge is 0.326 e. The Bertz CT molecular complexity index is 1470. The molecule has 0 aliphatic carbocycles. The molecule has 1 N–H and O–H groups in total. The van der Waals surface area contributed by atoms with Gasteiger partial charge in [0, 0.05) is 73.6 Å². The Balaban J connectivity index is 1.30. The molecule has 0 radical (unpaired) electrons. The number of para-hydroxylation sites is 1. The van der Waals surface area contributed by atoms with E-state index in [1.54, 1.807) is 6.07 Å². The highest BCUT2D eigenvalue weighted by molar-refractivity contribution is 5.89. The Morgan fingerprint density at radius 1 is 1.03 bits per heavy atom. The van der Waals surface area contributed by atoms with Crippen molar-refractivity contribution in [3.63, 3.8) is 0 Å². The lowest BCUT2D eigenvalue weighted by atomic mass is 9.80. The zero-order chi connectivity index (χ0) is 23.9. The number of hydrogen-bond acceptors (Lipinski definition) is 4. The molecule has 2 atom stereocenters. The SMILES string of the molecule is CC(=O)Nc1ccc(-c2ccc(=O)n3c2C2CC(CN(Cc4cnc5ccccc5c4)C2)C3)cc1. The maximum atomic E-state index is 12.8. The molecular weight excluding hydrogens is 436 g/mol. The molecule has 4 aromatic rings. The number of benzene rings is 2. The third-order valence-corrected chi connectivity index (χ3v) is 7.24. The van der Waals surface area contributed by atoms with Crippen molar-refractivity contribution < 1.29 is 4.79 Å². The van der Waals surface area contributed by atoms with E-state index in [1.807, 2.05) is 53.2 Å². The molecule has 176 valence electrons. The third-order valence-electron chi connectivity index (χ3n) is 7.24. The minimum absolute atomic E-state index is 0.0838. The first-order chi connectivity index (χ1) is 17.0. The lowest BCUT2D eigenvalue weighted by Gasteiger charge is -2.43. The highest BCUT2D eigenvalue weighted by Crippen LogP contribution is 2.40. The predicted octanol–water partition coefficient (Wildman–Crippen LogP) is 4.64. The fourth-order valence-electron chi connectivity index (χ4n) is 5.88. The van der Waals surface area contributed by atoms with Crippen LogP contribution in [0.25, 0.3) is 22.0 Å². The molecule has 1 saturated heterocycles. The van der Waals surface area contributed by atoms with E-state index >= 15 is 0 Å². The Hall–Kier alpha value is -3.77. The quantitative estimate of drug-likeness (QED) is 0.478. The summed E-state index contributed by atoms with van der Waals surface area (Å²) in [6, 6.07) is 22.0. The number of aromatic nitrogens is 2. The van der Waals surface area contributed by atoms with Gasteiger partial charge in [0.2, 0.25) is 5.91 Å². The Labute approximate surface area is 204 Å². The molecule has 4 heterocycles. The number of nitrogens with one attached hydrogen (secondary N) is 1. The lowest BCUT2D eigenvalue weighted by molar-refractivity contribution is -0.114. The number of piperidine rings is 1. The molecule has 6 rings (SSSR count). The minimum Gasteiger partial charge on any atom is -0.326 e. The van der Waals surface area contributed by atoms with Gasteiger partial charge in [-0.25, -0.2) is 0 Å². The van der Waals surface area contributed by atoms with Gasteiger partial charge in [-0.15, -0.1) is 0 Å². The summed E-state index contributed by atoms with van der Waals surface area (Å²) in [5.74, 6) is 0.677. The highest BCUT2D eigenvalue weighted by Gasteiger charge is 2.36. The van der Waals surface area contributed by atoms with Crippen LogP contribution in [0.15, 0.2) is 77.7 Å². The summed E-state index contributed by atoms with van der Waals surface area (Å²) < 4.78 is 2.00. The maximum Gasteiger partial charge on any atom is 0.250 e. The van der Waals surface area contributed by atoms with Crippen LogP contribution in [-0.2, 0) is 17.9 Å². The first-order valence-electron chi connectivity index (χ1n) is 12.2. The van der Waals surface area contributed by atoms with Crippen molar-refractivity contribution in [1.82, 2.24) is 14.5 Å². The zero-order valence-electron chi connectivity index (χ0n) is 19.8. The predicted molar refractivity (Wildman–Crippen MR) is 138 cm³/mol. The van der Waals surface area contributed by atoms with E-state index in [0.29, 0.717) is 11.8 Å². The van der Waals surface area contributed by atoms with Gasteiger partial charge in [0.25, 0.3) is 5.56 Å². The molecule has 2 aromatic heterocycles. The standard InChI is InChI=1S/C29H28N4O2/c1-19(34)31-25-8-6-22(7-9-25)26-10-11-28(35)33-17-21-13-24(29(26)33)18-32(16-21)15-20-12-23-4-2-3-5-27(23)30-14-20/h2-12,14,21,24H,13,15-18H2,1H3,(H,31,34). The normalized spacial score (nSPS) is 19.3. The van der Waals surface area contributed by atoms with Gasteiger partial charge in [-0.3, -0.25) is 19.5 Å². The molecule has 6 heteroatoms. The summed E-state index contributed by atoms with van der Waals surface area (Å²) in [5.41, 5.74) is 6.42. The van der Waals surface area contributed by atoms with Crippen molar-refractivity contribution in [3.05, 3.63) is 94.5 Å². The van der Waals surface area contributed by atoms with E-state index in [9.17, 15) is 9.59 Å². The fraction of sp³-hybridized carbons (Fsp3) is 0.276. The number of nitrogens with zero attached hydrogens (tertiary/aromatic N) is 3. The summed E-state index contributed by atoms with van der Waals surface area (Å²) in [6.45, 7) is 5.04. The van der Waals surface area contributed by atoms with Crippen molar-refractivity contribution in [2.24, 2.45) is 5.92 Å². The summed E-state index contributed by atoms with van der Waals surface area (Å²) in [5, 5.41) is 3.99. The van der Waals surface area contributed by atoms with Crippen LogP contribution in [0.2, 0.25) is 0 Å². The fourth-order valence-corrected chi connectivity index (χ4v) is 5.88. The number of carbonyl (C=O) groups excluding carboxylic acids is 1. The topological polar surface area (TPSA) is 67.2 Å². The van der Waals surface area contributed by atoms with Crippen molar-refractivity contribution >= 4 is 22.5 Å². The Morgan fingerprint density at radius 2 is 1.86 bits per heavy atom. The van der Waals surface area contributed by atoms with Crippen LogP contribution < -0.4 is 10.9 Å². The van der Waals surface area contributed by atoms with Crippen LogP contribution in [0.3, 0.4) is 0 Å². The molecule has 35 heavy (non-hydrogen) atoms. The second-order valence-electron chi connectivity index (χ2n) is 9.87. The summed E-state index contributed by atoms with van der Waals surface area (Å²) >= 11 is 0. The van der Waals surface area contributed by atoms with E-state index in [4.69, 9.17) is 0 Å². The second kappa shape index (κ2) is 8.78. The average Bonchev–Trinajstić information content (AvgIpc) is 2.85. The van der Waals surface area contributed by atoms with Gasteiger partial charge in [0.05, 0.1) is 5.52 Å². The highest BCUT2D eigenvalue weighted by atomic mass is 16.1. The van der Waals surface area contributed by atoms with Gasteiger partial charge in [0.15, 0.2) is 0 Å². The van der Waals surface area contributed by atoms with Gasteiger partial charge in [-0.2, -0.15) is 0 Å². The molecule has 2 bridgehead atoms. The van der Waals surface area contributed by atoms with Crippen molar-refractivity contribution in [2.45, 2.75) is 32.4 Å². The molecule has 1 fully saturated rings. The Morgan fingerprint density at radius 3 is 2.69 bits per heavy atom.